The molecule has 0 bridgehead atoms. The lowest BCUT2D eigenvalue weighted by Crippen LogP contribution is -2.40. The number of halogens is 3. The molecule has 5 aromatic rings. The van der Waals surface area contributed by atoms with Gasteiger partial charge >= 0.3 is 18.2 Å². The van der Waals surface area contributed by atoms with E-state index in [4.69, 9.17) is 49.0 Å². The summed E-state index contributed by atoms with van der Waals surface area (Å²) in [6.07, 6.45) is 0.0607. The zero-order valence-corrected chi connectivity index (χ0v) is 24.0. The molecular formula is C30H19Cl3N2O5S. The summed E-state index contributed by atoms with van der Waals surface area (Å²) in [5, 5.41) is 6.21. The van der Waals surface area contributed by atoms with Crippen LogP contribution in [0.25, 0.3) is 10.1 Å². The number of rotatable bonds is 9. The van der Waals surface area contributed by atoms with E-state index >= 15 is 0 Å². The number of hydrazone groups is 1. The summed E-state index contributed by atoms with van der Waals surface area (Å²) >= 11 is 19.5. The lowest BCUT2D eigenvalue weighted by atomic mass is 10.2. The van der Waals surface area contributed by atoms with Crippen molar-refractivity contribution in [3.8, 4) is 17.2 Å². The van der Waals surface area contributed by atoms with Crippen LogP contribution in [0.15, 0.2) is 102 Å². The number of nitrogens with one attached hydrogen (secondary N) is 1. The Morgan fingerprint density at radius 2 is 1.32 bits per heavy atom. The predicted molar refractivity (Wildman–Crippen MR) is 162 cm³/mol. The number of hydrogen-bond acceptors (Lipinski definition) is 7. The van der Waals surface area contributed by atoms with E-state index in [1.165, 1.54) is 17.6 Å². The minimum Gasteiger partial charge on any atom is -0.446 e. The van der Waals surface area contributed by atoms with Gasteiger partial charge in [0.15, 0.2) is 0 Å². The van der Waals surface area contributed by atoms with E-state index in [0.717, 1.165) is 10.1 Å². The monoisotopic (exact) mass is 624 g/mol. The van der Waals surface area contributed by atoms with Gasteiger partial charge in [-0.2, -0.15) is 5.10 Å². The molecule has 206 valence electrons. The molecule has 1 amide bonds. The molecule has 0 fully saturated rings. The predicted octanol–water partition coefficient (Wildman–Crippen LogP) is 8.01. The molecule has 1 heterocycles. The summed E-state index contributed by atoms with van der Waals surface area (Å²) in [7, 11) is 0. The molecule has 1 aromatic heterocycles. The zero-order valence-electron chi connectivity index (χ0n) is 20.9. The van der Waals surface area contributed by atoms with Gasteiger partial charge in [0, 0.05) is 20.1 Å². The fourth-order valence-corrected chi connectivity index (χ4v) is 5.19. The van der Waals surface area contributed by atoms with Gasteiger partial charge in [-0.25, -0.2) is 10.2 Å². The molecule has 4 aromatic carbocycles. The van der Waals surface area contributed by atoms with Crippen LogP contribution in [0, 0.1) is 0 Å². The van der Waals surface area contributed by atoms with Crippen LogP contribution in [-0.2, 0) is 4.79 Å². The average Bonchev–Trinajstić information content (AvgIpc) is 3.32. The summed E-state index contributed by atoms with van der Waals surface area (Å²) in [5.74, 6) is -0.129. The molecule has 5 rings (SSSR count). The normalized spacial score (nSPS) is 11.1. The number of nitrogens with zero attached hydrogens (tertiary/aromatic N) is 1. The topological polar surface area (TPSA) is 86.2 Å². The summed E-state index contributed by atoms with van der Waals surface area (Å²) in [4.78, 5) is 25.9. The number of ether oxygens (including phenoxy) is 3. The molecule has 11 heteroatoms. The molecule has 0 radical (unpaired) electrons. The molecule has 0 unspecified atom stereocenters. The van der Waals surface area contributed by atoms with Gasteiger partial charge in [0.1, 0.15) is 22.1 Å². The van der Waals surface area contributed by atoms with Gasteiger partial charge in [-0.1, -0.05) is 53.0 Å². The quantitative estimate of drug-likeness (QED) is 0.0590. The molecule has 7 nitrogen and oxygen atoms in total. The Kier molecular flexibility index (Phi) is 9.06. The van der Waals surface area contributed by atoms with Crippen LogP contribution in [0.3, 0.4) is 0 Å². The first-order chi connectivity index (χ1) is 19.9. The third-order valence-corrected chi connectivity index (χ3v) is 7.69. The Bertz CT molecular complexity index is 1660. The van der Waals surface area contributed by atoms with E-state index in [0.29, 0.717) is 42.8 Å². The molecule has 0 aliphatic heterocycles. The lowest BCUT2D eigenvalue weighted by Gasteiger charge is -2.19. The summed E-state index contributed by atoms with van der Waals surface area (Å²) in [6.45, 7) is 0. The van der Waals surface area contributed by atoms with Crippen molar-refractivity contribution in [1.29, 1.82) is 0 Å². The van der Waals surface area contributed by atoms with Crippen LogP contribution in [0.4, 0.5) is 0 Å². The summed E-state index contributed by atoms with van der Waals surface area (Å²) in [6, 6.07) is 27.0. The molecule has 0 atom stereocenters. The maximum absolute atomic E-state index is 12.9. The van der Waals surface area contributed by atoms with Crippen LogP contribution in [-0.4, -0.2) is 24.4 Å². The minimum atomic E-state index is -1.36. The number of amides is 1. The molecule has 0 aliphatic carbocycles. The molecule has 0 aliphatic rings. The van der Waals surface area contributed by atoms with E-state index in [1.807, 2.05) is 24.3 Å². The van der Waals surface area contributed by atoms with Gasteiger partial charge in [-0.3, -0.25) is 4.79 Å². The first-order valence-corrected chi connectivity index (χ1v) is 14.0. The largest absolute Gasteiger partial charge is 0.446 e. The SMILES string of the molecule is O=C(Oc1ccc(/C=N/NC(=O)C(Oc2ccc(Cl)cc2)Oc2ccc(Cl)cc2)cc1)c1sc2ccccc2c1Cl. The maximum atomic E-state index is 12.9. The smallest absolute Gasteiger partial charge is 0.355 e. The molecule has 1 N–H and O–H groups in total. The van der Waals surface area contributed by atoms with Gasteiger partial charge in [-0.15, -0.1) is 11.3 Å². The Morgan fingerprint density at radius 3 is 1.90 bits per heavy atom. The fourth-order valence-electron chi connectivity index (χ4n) is 3.55. The number of hydrogen-bond donors (Lipinski definition) is 1. The van der Waals surface area contributed by atoms with Crippen LogP contribution in [0.2, 0.25) is 15.1 Å². The molecule has 41 heavy (non-hydrogen) atoms. The first-order valence-electron chi connectivity index (χ1n) is 12.0. The average molecular weight is 626 g/mol. The summed E-state index contributed by atoms with van der Waals surface area (Å²) < 4.78 is 17.8. The third kappa shape index (κ3) is 7.36. The van der Waals surface area contributed by atoms with Crippen molar-refractivity contribution in [2.45, 2.75) is 6.29 Å². The van der Waals surface area contributed by atoms with Gasteiger partial charge in [-0.05, 0) is 84.4 Å². The number of thiophene rings is 1. The highest BCUT2D eigenvalue weighted by Crippen LogP contribution is 2.35. The second-order valence-electron chi connectivity index (χ2n) is 8.41. The highest BCUT2D eigenvalue weighted by Gasteiger charge is 2.23. The highest BCUT2D eigenvalue weighted by atomic mass is 35.5. The molecule has 0 saturated carbocycles. The number of esters is 1. The molecule has 0 saturated heterocycles. The minimum absolute atomic E-state index is 0.331. The van der Waals surface area contributed by atoms with Crippen LogP contribution in [0.1, 0.15) is 15.2 Å². The highest BCUT2D eigenvalue weighted by molar-refractivity contribution is 7.21. The number of carbonyl (C=O) groups is 2. The van der Waals surface area contributed by atoms with Crippen molar-refractivity contribution in [3.05, 3.63) is 123 Å². The Morgan fingerprint density at radius 1 is 0.756 bits per heavy atom. The van der Waals surface area contributed by atoms with E-state index in [-0.39, 0.29) is 0 Å². The Labute approximate surface area is 253 Å². The standard InChI is InChI=1S/C30H19Cl3N2O5S/c31-19-7-13-22(14-8-19)39-30(40-23-15-9-20(32)10-16-23)28(36)35-34-17-18-5-11-21(12-6-18)38-29(37)27-26(33)24-3-1-2-4-25(24)41-27/h1-17,30H,(H,35,36)/b34-17+. The van der Waals surface area contributed by atoms with Crippen LogP contribution >= 0.6 is 46.1 Å². The number of fused-ring (bicyclic) bond motifs is 1. The van der Waals surface area contributed by atoms with Crippen LogP contribution < -0.4 is 19.6 Å². The van der Waals surface area contributed by atoms with E-state index in [9.17, 15) is 9.59 Å². The zero-order chi connectivity index (χ0) is 28.8. The Balaban J connectivity index is 1.21. The van der Waals surface area contributed by atoms with E-state index in [1.54, 1.807) is 72.8 Å². The van der Waals surface area contributed by atoms with Crippen molar-refractivity contribution in [2.75, 3.05) is 0 Å². The van der Waals surface area contributed by atoms with Crippen molar-refractivity contribution in [3.63, 3.8) is 0 Å². The fraction of sp³-hybridized carbons (Fsp3) is 0.0333. The van der Waals surface area contributed by atoms with E-state index < -0.39 is 18.2 Å². The second-order valence-corrected chi connectivity index (χ2v) is 10.7. The molecule has 0 spiro atoms. The van der Waals surface area contributed by atoms with E-state index in [2.05, 4.69) is 10.5 Å². The second kappa shape index (κ2) is 13.1. The summed E-state index contributed by atoms with van der Waals surface area (Å²) in [5.41, 5.74) is 3.05. The van der Waals surface area contributed by atoms with Crippen molar-refractivity contribution >= 4 is 74.3 Å². The number of carbonyl (C=O) groups excluding carboxylic acids is 2. The van der Waals surface area contributed by atoms with Gasteiger partial charge < -0.3 is 14.2 Å². The van der Waals surface area contributed by atoms with Gasteiger partial charge in [0.2, 0.25) is 0 Å². The van der Waals surface area contributed by atoms with Gasteiger partial charge in [0.25, 0.3) is 0 Å². The number of benzene rings is 4. The van der Waals surface area contributed by atoms with Crippen molar-refractivity contribution in [1.82, 2.24) is 5.43 Å². The van der Waals surface area contributed by atoms with Crippen LogP contribution in [0.5, 0.6) is 17.2 Å². The third-order valence-electron chi connectivity index (χ3n) is 5.53. The maximum Gasteiger partial charge on any atom is 0.355 e. The van der Waals surface area contributed by atoms with Gasteiger partial charge in [0.05, 0.1) is 11.2 Å². The Hall–Kier alpha value is -4.08. The molecular weight excluding hydrogens is 607 g/mol. The first kappa shape index (κ1) is 28.4. The van der Waals surface area contributed by atoms with Crippen molar-refractivity contribution < 1.29 is 23.8 Å². The lowest BCUT2D eigenvalue weighted by molar-refractivity contribution is -0.140. The van der Waals surface area contributed by atoms with Crippen molar-refractivity contribution in [2.24, 2.45) is 5.10 Å².